The normalized spacial score (nSPS) is 14.1. The Labute approximate surface area is 113 Å². The van der Waals surface area contributed by atoms with Gasteiger partial charge in [0.05, 0.1) is 0 Å². The number of amides is 1. The van der Waals surface area contributed by atoms with Gasteiger partial charge in [0, 0.05) is 31.6 Å². The van der Waals surface area contributed by atoms with Crippen molar-refractivity contribution >= 4 is 17.5 Å². The Morgan fingerprint density at radius 2 is 1.95 bits per heavy atom. The highest BCUT2D eigenvalue weighted by atomic mass is 16.1. The van der Waals surface area contributed by atoms with Gasteiger partial charge in [-0.05, 0) is 26.7 Å². The van der Waals surface area contributed by atoms with E-state index in [2.05, 4.69) is 25.9 Å². The summed E-state index contributed by atoms with van der Waals surface area (Å²) in [6.07, 6.45) is 2.71. The van der Waals surface area contributed by atoms with Crippen molar-refractivity contribution in [1.82, 2.24) is 15.3 Å². The van der Waals surface area contributed by atoms with Gasteiger partial charge < -0.3 is 16.0 Å². The fraction of sp³-hybridized carbons (Fsp3) is 0.615. The van der Waals surface area contributed by atoms with Crippen molar-refractivity contribution in [3.63, 3.8) is 0 Å². The van der Waals surface area contributed by atoms with Crippen LogP contribution in [-0.4, -0.2) is 35.5 Å². The molecule has 0 spiro atoms. The molecule has 6 heteroatoms. The molecular weight excluding hydrogens is 242 g/mol. The maximum Gasteiger partial charge on any atom is 0.221 e. The molecule has 0 aliphatic heterocycles. The highest BCUT2D eigenvalue weighted by molar-refractivity contribution is 5.77. The summed E-state index contributed by atoms with van der Waals surface area (Å²) in [6, 6.07) is 0.423. The number of carbonyl (C=O) groups excluding carboxylic acids is 1. The van der Waals surface area contributed by atoms with Gasteiger partial charge >= 0.3 is 0 Å². The smallest absolute Gasteiger partial charge is 0.221 e. The van der Waals surface area contributed by atoms with Crippen LogP contribution in [0.1, 0.15) is 30.7 Å². The quantitative estimate of drug-likeness (QED) is 0.719. The van der Waals surface area contributed by atoms with Crippen molar-refractivity contribution in [3.8, 4) is 0 Å². The Morgan fingerprint density at radius 1 is 1.26 bits per heavy atom. The van der Waals surface area contributed by atoms with Gasteiger partial charge in [0.2, 0.25) is 5.91 Å². The van der Waals surface area contributed by atoms with E-state index in [1.54, 1.807) is 0 Å². The first kappa shape index (κ1) is 13.6. The zero-order chi connectivity index (χ0) is 13.8. The number of aryl methyl sites for hydroxylation is 1. The van der Waals surface area contributed by atoms with Gasteiger partial charge in [-0.2, -0.15) is 0 Å². The van der Waals surface area contributed by atoms with Gasteiger partial charge in [0.25, 0.3) is 0 Å². The third kappa shape index (κ3) is 3.81. The average Bonchev–Trinajstić information content (AvgIpc) is 3.16. The van der Waals surface area contributed by atoms with Crippen LogP contribution in [0.2, 0.25) is 0 Å². The van der Waals surface area contributed by atoms with E-state index >= 15 is 0 Å². The maximum atomic E-state index is 11.6. The predicted molar refractivity (Wildman–Crippen MR) is 75.3 cm³/mol. The Bertz CT molecular complexity index is 470. The minimum absolute atomic E-state index is 0.104. The lowest BCUT2D eigenvalue weighted by molar-refractivity contribution is -0.120. The number of nitrogens with zero attached hydrogens (tertiary/aromatic N) is 2. The molecule has 0 saturated heterocycles. The summed E-state index contributed by atoms with van der Waals surface area (Å²) >= 11 is 0. The summed E-state index contributed by atoms with van der Waals surface area (Å²) in [5.74, 6) is 2.42. The van der Waals surface area contributed by atoms with Crippen molar-refractivity contribution in [2.75, 3.05) is 24.2 Å². The molecule has 6 nitrogen and oxygen atoms in total. The first-order valence-corrected chi connectivity index (χ1v) is 6.66. The summed E-state index contributed by atoms with van der Waals surface area (Å²) in [7, 11) is 1.83. The highest BCUT2D eigenvalue weighted by Crippen LogP contribution is 2.20. The topological polar surface area (TPSA) is 78.9 Å². The van der Waals surface area contributed by atoms with E-state index in [-0.39, 0.29) is 5.91 Å². The number of hydrogen-bond donors (Lipinski definition) is 3. The van der Waals surface area contributed by atoms with Crippen LogP contribution in [0.3, 0.4) is 0 Å². The van der Waals surface area contributed by atoms with Crippen molar-refractivity contribution in [1.29, 1.82) is 0 Å². The van der Waals surface area contributed by atoms with Crippen LogP contribution in [0, 0.1) is 13.8 Å². The molecule has 19 heavy (non-hydrogen) atoms. The van der Waals surface area contributed by atoms with E-state index in [0.29, 0.717) is 24.8 Å². The van der Waals surface area contributed by atoms with Crippen LogP contribution in [0.4, 0.5) is 11.6 Å². The zero-order valence-electron chi connectivity index (χ0n) is 11.7. The minimum Gasteiger partial charge on any atom is -0.373 e. The molecule has 1 aromatic heterocycles. The standard InChI is InChI=1S/C13H21N5O/c1-8-12(14-3)16-9(2)17-13(8)15-7-6-11(19)18-10-4-5-10/h10H,4-7H2,1-3H3,(H,18,19)(H2,14,15,16,17). The van der Waals surface area contributed by atoms with Gasteiger partial charge in [-0.3, -0.25) is 4.79 Å². The number of carbonyl (C=O) groups is 1. The van der Waals surface area contributed by atoms with Crippen molar-refractivity contribution in [3.05, 3.63) is 11.4 Å². The molecule has 104 valence electrons. The van der Waals surface area contributed by atoms with Crippen LogP contribution < -0.4 is 16.0 Å². The van der Waals surface area contributed by atoms with Gasteiger partial charge in [-0.15, -0.1) is 0 Å². The Hall–Kier alpha value is -1.85. The number of anilines is 2. The number of hydrogen-bond acceptors (Lipinski definition) is 5. The number of rotatable bonds is 6. The molecule has 0 bridgehead atoms. The first-order valence-electron chi connectivity index (χ1n) is 6.66. The molecule has 0 radical (unpaired) electrons. The molecule has 0 aromatic carbocycles. The Kier molecular flexibility index (Phi) is 4.19. The number of aromatic nitrogens is 2. The van der Waals surface area contributed by atoms with E-state index in [1.807, 2.05) is 20.9 Å². The Morgan fingerprint density at radius 3 is 2.58 bits per heavy atom. The lowest BCUT2D eigenvalue weighted by Crippen LogP contribution is -2.27. The minimum atomic E-state index is 0.104. The molecule has 1 fully saturated rings. The molecule has 1 saturated carbocycles. The third-order valence-electron chi connectivity index (χ3n) is 3.08. The van der Waals surface area contributed by atoms with Crippen molar-refractivity contribution < 1.29 is 4.79 Å². The summed E-state index contributed by atoms with van der Waals surface area (Å²) in [6.45, 7) is 4.39. The molecule has 2 rings (SSSR count). The molecule has 1 aliphatic carbocycles. The summed E-state index contributed by atoms with van der Waals surface area (Å²) in [5.41, 5.74) is 0.968. The Balaban J connectivity index is 1.87. The van der Waals surface area contributed by atoms with Crippen molar-refractivity contribution in [2.45, 2.75) is 39.2 Å². The highest BCUT2D eigenvalue weighted by Gasteiger charge is 2.22. The van der Waals surface area contributed by atoms with Gasteiger partial charge in [0.15, 0.2) is 0 Å². The van der Waals surface area contributed by atoms with Crippen LogP contribution in [0.5, 0.6) is 0 Å². The maximum absolute atomic E-state index is 11.6. The lowest BCUT2D eigenvalue weighted by atomic mass is 10.3. The summed E-state index contributed by atoms with van der Waals surface area (Å²) < 4.78 is 0. The van der Waals surface area contributed by atoms with E-state index in [1.165, 1.54) is 0 Å². The van der Waals surface area contributed by atoms with Crippen LogP contribution in [-0.2, 0) is 4.79 Å². The second-order valence-electron chi connectivity index (χ2n) is 4.86. The largest absolute Gasteiger partial charge is 0.373 e. The van der Waals surface area contributed by atoms with Gasteiger partial charge in [0.1, 0.15) is 17.5 Å². The van der Waals surface area contributed by atoms with Crippen LogP contribution in [0.15, 0.2) is 0 Å². The average molecular weight is 263 g/mol. The van der Waals surface area contributed by atoms with E-state index in [9.17, 15) is 4.79 Å². The summed E-state index contributed by atoms with van der Waals surface area (Å²) in [5, 5.41) is 9.21. The first-order chi connectivity index (χ1) is 9.10. The second-order valence-corrected chi connectivity index (χ2v) is 4.86. The molecule has 1 aromatic rings. The fourth-order valence-corrected chi connectivity index (χ4v) is 1.87. The zero-order valence-corrected chi connectivity index (χ0v) is 11.7. The lowest BCUT2D eigenvalue weighted by Gasteiger charge is -2.12. The van der Waals surface area contributed by atoms with Gasteiger partial charge in [-0.1, -0.05) is 0 Å². The van der Waals surface area contributed by atoms with Crippen molar-refractivity contribution in [2.24, 2.45) is 0 Å². The second kappa shape index (κ2) is 5.86. The van der Waals surface area contributed by atoms with E-state index in [4.69, 9.17) is 0 Å². The molecular formula is C13H21N5O. The molecule has 1 amide bonds. The van der Waals surface area contributed by atoms with E-state index in [0.717, 1.165) is 30.0 Å². The SMILES string of the molecule is CNc1nc(C)nc(NCCC(=O)NC2CC2)c1C. The van der Waals surface area contributed by atoms with Crippen LogP contribution in [0.25, 0.3) is 0 Å². The van der Waals surface area contributed by atoms with Crippen LogP contribution >= 0.6 is 0 Å². The molecule has 1 aliphatic rings. The number of nitrogens with one attached hydrogen (secondary N) is 3. The van der Waals surface area contributed by atoms with E-state index < -0.39 is 0 Å². The molecule has 0 atom stereocenters. The predicted octanol–water partition coefficient (Wildman–Crippen LogP) is 1.22. The summed E-state index contributed by atoms with van der Waals surface area (Å²) in [4.78, 5) is 20.2. The fourth-order valence-electron chi connectivity index (χ4n) is 1.87. The third-order valence-corrected chi connectivity index (χ3v) is 3.08. The molecule has 0 unspecified atom stereocenters. The monoisotopic (exact) mass is 263 g/mol. The molecule has 3 N–H and O–H groups in total. The molecule has 1 heterocycles. The van der Waals surface area contributed by atoms with Gasteiger partial charge in [-0.25, -0.2) is 9.97 Å².